The van der Waals surface area contributed by atoms with Crippen molar-refractivity contribution in [3.8, 4) is 0 Å². The summed E-state index contributed by atoms with van der Waals surface area (Å²) in [7, 11) is 3.41. The van der Waals surface area contributed by atoms with Crippen LogP contribution in [0.2, 0.25) is 5.02 Å². The number of halogens is 2. The predicted octanol–water partition coefficient (Wildman–Crippen LogP) is 3.73. The average Bonchev–Trinajstić information content (AvgIpc) is 2.54. The van der Waals surface area contributed by atoms with Gasteiger partial charge in [-0.25, -0.2) is 0 Å². The fourth-order valence-corrected chi connectivity index (χ4v) is 2.54. The Hall–Kier alpha value is -1.85. The van der Waals surface area contributed by atoms with E-state index in [4.69, 9.17) is 11.6 Å². The van der Waals surface area contributed by atoms with Crippen molar-refractivity contribution in [1.29, 1.82) is 0 Å². The lowest BCUT2D eigenvalue weighted by Crippen LogP contribution is -2.23. The number of hydrogen-bond acceptors (Lipinski definition) is 2. The van der Waals surface area contributed by atoms with Gasteiger partial charge in [-0.05, 0) is 35.9 Å². The summed E-state index contributed by atoms with van der Waals surface area (Å²) in [4.78, 5) is 25.5. The maximum absolute atomic E-state index is 12.2. The molecule has 0 aliphatic rings. The molecule has 2 rings (SSSR count). The second kappa shape index (κ2) is 7.62. The molecule has 120 valence electrons. The van der Waals surface area contributed by atoms with Crippen molar-refractivity contribution in [1.82, 2.24) is 10.2 Å². The van der Waals surface area contributed by atoms with Gasteiger partial charge in [0, 0.05) is 30.7 Å². The Balaban J connectivity index is 2.02. The van der Waals surface area contributed by atoms with E-state index in [0.717, 1.165) is 10.0 Å². The van der Waals surface area contributed by atoms with E-state index in [1.54, 1.807) is 44.4 Å². The first kappa shape index (κ1) is 17.5. The smallest absolute Gasteiger partial charge is 0.253 e. The average molecular weight is 396 g/mol. The minimum Gasteiger partial charge on any atom is -0.348 e. The third-order valence-electron chi connectivity index (χ3n) is 3.23. The minimum atomic E-state index is -0.246. The Morgan fingerprint density at radius 3 is 2.39 bits per heavy atom. The normalized spacial score (nSPS) is 10.3. The summed E-state index contributed by atoms with van der Waals surface area (Å²) < 4.78 is 0.790. The number of hydrogen-bond donors (Lipinski definition) is 1. The van der Waals surface area contributed by atoms with Crippen molar-refractivity contribution in [2.24, 2.45) is 0 Å². The second-order valence-corrected chi connectivity index (χ2v) is 6.53. The number of benzene rings is 2. The van der Waals surface area contributed by atoms with Gasteiger partial charge < -0.3 is 10.2 Å². The molecule has 0 bridgehead atoms. The molecule has 2 aromatic carbocycles. The molecule has 0 atom stereocenters. The van der Waals surface area contributed by atoms with Crippen LogP contribution >= 0.6 is 27.5 Å². The Labute approximate surface area is 148 Å². The van der Waals surface area contributed by atoms with Crippen LogP contribution in [0.5, 0.6) is 0 Å². The van der Waals surface area contributed by atoms with Gasteiger partial charge in [-0.1, -0.05) is 39.7 Å². The number of amides is 2. The van der Waals surface area contributed by atoms with Crippen LogP contribution in [-0.2, 0) is 6.54 Å². The van der Waals surface area contributed by atoms with Gasteiger partial charge in [0.05, 0.1) is 10.6 Å². The minimum absolute atomic E-state index is 0.0542. The van der Waals surface area contributed by atoms with Crippen LogP contribution in [0.1, 0.15) is 26.3 Å². The van der Waals surface area contributed by atoms with E-state index in [1.807, 2.05) is 12.1 Å². The summed E-state index contributed by atoms with van der Waals surface area (Å²) >= 11 is 9.35. The standard InChI is InChI=1S/C17H16BrClN2O2/c1-21(2)17(23)12-5-3-11(4-6-12)10-20-16(22)14-9-13(18)7-8-15(14)19/h3-9H,10H2,1-2H3,(H,20,22). The summed E-state index contributed by atoms with van der Waals surface area (Å²) in [6, 6.07) is 12.3. The van der Waals surface area contributed by atoms with Gasteiger partial charge in [0.25, 0.3) is 11.8 Å². The molecule has 0 saturated carbocycles. The van der Waals surface area contributed by atoms with E-state index in [9.17, 15) is 9.59 Å². The number of rotatable bonds is 4. The zero-order valence-corrected chi connectivity index (χ0v) is 15.1. The molecule has 4 nitrogen and oxygen atoms in total. The molecule has 0 fully saturated rings. The van der Waals surface area contributed by atoms with Gasteiger partial charge in [0.1, 0.15) is 0 Å². The summed E-state index contributed by atoms with van der Waals surface area (Å²) in [6.45, 7) is 0.359. The van der Waals surface area contributed by atoms with E-state index >= 15 is 0 Å². The Bertz CT molecular complexity index is 730. The van der Waals surface area contributed by atoms with E-state index in [1.165, 1.54) is 4.90 Å². The second-order valence-electron chi connectivity index (χ2n) is 5.20. The van der Waals surface area contributed by atoms with E-state index in [-0.39, 0.29) is 11.8 Å². The maximum Gasteiger partial charge on any atom is 0.253 e. The Morgan fingerprint density at radius 1 is 1.13 bits per heavy atom. The molecule has 0 aliphatic heterocycles. The van der Waals surface area contributed by atoms with Crippen LogP contribution in [0.4, 0.5) is 0 Å². The van der Waals surface area contributed by atoms with Gasteiger partial charge >= 0.3 is 0 Å². The highest BCUT2D eigenvalue weighted by atomic mass is 79.9. The molecule has 0 aliphatic carbocycles. The molecule has 0 aromatic heterocycles. The fourth-order valence-electron chi connectivity index (χ4n) is 1.97. The zero-order valence-electron chi connectivity index (χ0n) is 12.8. The molecular formula is C17H16BrClN2O2. The van der Waals surface area contributed by atoms with Gasteiger partial charge in [-0.3, -0.25) is 9.59 Å². The first-order valence-corrected chi connectivity index (χ1v) is 8.09. The Morgan fingerprint density at radius 2 is 1.78 bits per heavy atom. The molecule has 0 spiro atoms. The van der Waals surface area contributed by atoms with Gasteiger partial charge in [0.2, 0.25) is 0 Å². The third-order valence-corrected chi connectivity index (χ3v) is 4.06. The van der Waals surface area contributed by atoms with Crippen molar-refractivity contribution in [3.05, 3.63) is 68.7 Å². The number of nitrogens with one attached hydrogen (secondary N) is 1. The molecule has 2 aromatic rings. The summed E-state index contributed by atoms with van der Waals surface area (Å²) in [6.07, 6.45) is 0. The number of nitrogens with zero attached hydrogens (tertiary/aromatic N) is 1. The third kappa shape index (κ3) is 4.56. The van der Waals surface area contributed by atoms with Crippen LogP contribution in [0.3, 0.4) is 0 Å². The summed E-state index contributed by atoms with van der Waals surface area (Å²) in [5.41, 5.74) is 1.93. The van der Waals surface area contributed by atoms with Gasteiger partial charge in [-0.15, -0.1) is 0 Å². The SMILES string of the molecule is CN(C)C(=O)c1ccc(CNC(=O)c2cc(Br)ccc2Cl)cc1. The lowest BCUT2D eigenvalue weighted by Gasteiger charge is -2.11. The molecule has 2 amide bonds. The highest BCUT2D eigenvalue weighted by Crippen LogP contribution is 2.21. The topological polar surface area (TPSA) is 49.4 Å². The van der Waals surface area contributed by atoms with Crippen LogP contribution in [0, 0.1) is 0 Å². The summed E-state index contributed by atoms with van der Waals surface area (Å²) in [5, 5.41) is 3.22. The van der Waals surface area contributed by atoms with Crippen LogP contribution in [0.15, 0.2) is 46.9 Å². The van der Waals surface area contributed by atoms with Crippen LogP contribution < -0.4 is 5.32 Å². The molecule has 0 heterocycles. The van der Waals surface area contributed by atoms with Crippen molar-refractivity contribution in [3.63, 3.8) is 0 Å². The molecule has 23 heavy (non-hydrogen) atoms. The van der Waals surface area contributed by atoms with E-state index in [2.05, 4.69) is 21.2 Å². The lowest BCUT2D eigenvalue weighted by atomic mass is 10.1. The Kier molecular flexibility index (Phi) is 5.80. The predicted molar refractivity (Wildman–Crippen MR) is 94.8 cm³/mol. The van der Waals surface area contributed by atoms with E-state index < -0.39 is 0 Å². The molecule has 0 saturated heterocycles. The molecule has 0 unspecified atom stereocenters. The lowest BCUT2D eigenvalue weighted by molar-refractivity contribution is 0.0827. The fraction of sp³-hybridized carbons (Fsp3) is 0.176. The summed E-state index contributed by atoms with van der Waals surface area (Å²) in [5.74, 6) is -0.300. The zero-order chi connectivity index (χ0) is 17.0. The number of carbonyl (C=O) groups is 2. The largest absolute Gasteiger partial charge is 0.348 e. The van der Waals surface area contributed by atoms with Crippen molar-refractivity contribution in [2.45, 2.75) is 6.54 Å². The quantitative estimate of drug-likeness (QED) is 0.857. The van der Waals surface area contributed by atoms with E-state index in [0.29, 0.717) is 22.7 Å². The molecule has 1 N–H and O–H groups in total. The van der Waals surface area contributed by atoms with Gasteiger partial charge in [-0.2, -0.15) is 0 Å². The first-order valence-electron chi connectivity index (χ1n) is 6.92. The van der Waals surface area contributed by atoms with Crippen LogP contribution in [-0.4, -0.2) is 30.8 Å². The molecule has 6 heteroatoms. The van der Waals surface area contributed by atoms with Crippen molar-refractivity contribution < 1.29 is 9.59 Å². The van der Waals surface area contributed by atoms with Gasteiger partial charge in [0.15, 0.2) is 0 Å². The molecule has 0 radical (unpaired) electrons. The first-order chi connectivity index (χ1) is 10.9. The monoisotopic (exact) mass is 394 g/mol. The highest BCUT2D eigenvalue weighted by molar-refractivity contribution is 9.10. The highest BCUT2D eigenvalue weighted by Gasteiger charge is 2.11. The maximum atomic E-state index is 12.2. The van der Waals surface area contributed by atoms with Crippen molar-refractivity contribution >= 4 is 39.3 Å². The number of carbonyl (C=O) groups excluding carboxylic acids is 2. The van der Waals surface area contributed by atoms with Crippen molar-refractivity contribution in [2.75, 3.05) is 14.1 Å². The molecular weight excluding hydrogens is 380 g/mol. The van der Waals surface area contributed by atoms with Crippen LogP contribution in [0.25, 0.3) is 0 Å².